The summed E-state index contributed by atoms with van der Waals surface area (Å²) >= 11 is 0. The van der Waals surface area contributed by atoms with E-state index in [9.17, 15) is 10.2 Å². The summed E-state index contributed by atoms with van der Waals surface area (Å²) in [5.74, 6) is 0.436. The van der Waals surface area contributed by atoms with Crippen LogP contribution in [0.5, 0.6) is 11.5 Å². The zero-order valence-corrected chi connectivity index (χ0v) is 10.3. The van der Waals surface area contributed by atoms with Gasteiger partial charge in [-0.3, -0.25) is 0 Å². The van der Waals surface area contributed by atoms with Crippen LogP contribution in [0.2, 0.25) is 0 Å². The van der Waals surface area contributed by atoms with Crippen molar-refractivity contribution in [3.63, 3.8) is 0 Å². The van der Waals surface area contributed by atoms with E-state index in [-0.39, 0.29) is 11.5 Å². The van der Waals surface area contributed by atoms with E-state index in [0.717, 1.165) is 16.7 Å². The number of hydrogen-bond acceptors (Lipinski definition) is 2. The van der Waals surface area contributed by atoms with E-state index in [1.165, 1.54) is 0 Å². The van der Waals surface area contributed by atoms with Crippen molar-refractivity contribution in [2.24, 2.45) is 0 Å². The van der Waals surface area contributed by atoms with Crippen LogP contribution in [0.25, 0.3) is 11.1 Å². The lowest BCUT2D eigenvalue weighted by Crippen LogP contribution is -1.88. The van der Waals surface area contributed by atoms with Gasteiger partial charge in [-0.1, -0.05) is 23.8 Å². The Morgan fingerprint density at radius 3 is 2.18 bits per heavy atom. The molecule has 0 fully saturated rings. The minimum atomic E-state index is 0.194. The number of benzene rings is 2. The van der Waals surface area contributed by atoms with Crippen LogP contribution in [0.4, 0.5) is 0 Å². The fraction of sp³-hybridized carbons (Fsp3) is 0.200. The molecule has 2 aromatic carbocycles. The standard InChI is InChI=1S/C15H16O2/c1-9-4-7-13(16)12(8-9)14-10(2)5-6-11(3)15(14)17/h4-8,16-17H,1-3H3. The second-order valence-corrected chi connectivity index (χ2v) is 4.44. The van der Waals surface area contributed by atoms with Crippen molar-refractivity contribution in [1.29, 1.82) is 0 Å². The number of aryl methyl sites for hydroxylation is 3. The van der Waals surface area contributed by atoms with Crippen LogP contribution in [-0.2, 0) is 0 Å². The van der Waals surface area contributed by atoms with Gasteiger partial charge < -0.3 is 10.2 Å². The average Bonchev–Trinajstić information content (AvgIpc) is 2.29. The van der Waals surface area contributed by atoms with E-state index in [2.05, 4.69) is 0 Å². The monoisotopic (exact) mass is 228 g/mol. The van der Waals surface area contributed by atoms with Crippen LogP contribution in [0.1, 0.15) is 16.7 Å². The van der Waals surface area contributed by atoms with Crippen molar-refractivity contribution in [3.8, 4) is 22.6 Å². The predicted octanol–water partition coefficient (Wildman–Crippen LogP) is 3.69. The Morgan fingerprint density at radius 2 is 1.47 bits per heavy atom. The second kappa shape index (κ2) is 4.13. The summed E-state index contributed by atoms with van der Waals surface area (Å²) < 4.78 is 0. The quantitative estimate of drug-likeness (QED) is 0.781. The maximum atomic E-state index is 10.1. The summed E-state index contributed by atoms with van der Waals surface area (Å²) in [6.45, 7) is 5.74. The van der Waals surface area contributed by atoms with Gasteiger partial charge in [-0.05, 0) is 44.0 Å². The third kappa shape index (κ3) is 1.98. The Labute approximate surface area is 101 Å². The van der Waals surface area contributed by atoms with Crippen LogP contribution in [0.3, 0.4) is 0 Å². The number of phenols is 2. The number of phenolic OH excluding ortho intramolecular Hbond substituents is 2. The maximum absolute atomic E-state index is 10.1. The van der Waals surface area contributed by atoms with Gasteiger partial charge in [-0.15, -0.1) is 0 Å². The highest BCUT2D eigenvalue weighted by molar-refractivity contribution is 5.79. The molecule has 2 nitrogen and oxygen atoms in total. The van der Waals surface area contributed by atoms with E-state index >= 15 is 0 Å². The first-order chi connectivity index (χ1) is 8.00. The molecule has 0 aliphatic heterocycles. The number of aromatic hydroxyl groups is 2. The minimum absolute atomic E-state index is 0.194. The number of hydrogen-bond donors (Lipinski definition) is 2. The summed E-state index contributed by atoms with van der Waals surface area (Å²) in [6.07, 6.45) is 0. The van der Waals surface area contributed by atoms with E-state index in [4.69, 9.17) is 0 Å². The lowest BCUT2D eigenvalue weighted by molar-refractivity contribution is 0.466. The molecular formula is C15H16O2. The lowest BCUT2D eigenvalue weighted by atomic mass is 9.95. The zero-order valence-electron chi connectivity index (χ0n) is 10.3. The molecule has 0 radical (unpaired) electrons. The van der Waals surface area contributed by atoms with Gasteiger partial charge in [-0.25, -0.2) is 0 Å². The molecule has 2 N–H and O–H groups in total. The molecular weight excluding hydrogens is 212 g/mol. The van der Waals surface area contributed by atoms with Gasteiger partial charge in [0.25, 0.3) is 0 Å². The molecule has 2 heteroatoms. The van der Waals surface area contributed by atoms with Crippen LogP contribution in [0, 0.1) is 20.8 Å². The van der Waals surface area contributed by atoms with Gasteiger partial charge in [0.2, 0.25) is 0 Å². The van der Waals surface area contributed by atoms with Crippen LogP contribution in [-0.4, -0.2) is 10.2 Å². The van der Waals surface area contributed by atoms with Crippen molar-refractivity contribution < 1.29 is 10.2 Å². The molecule has 0 amide bonds. The molecule has 2 aromatic rings. The fourth-order valence-corrected chi connectivity index (χ4v) is 1.99. The summed E-state index contributed by atoms with van der Waals surface area (Å²) in [7, 11) is 0. The topological polar surface area (TPSA) is 40.5 Å². The van der Waals surface area contributed by atoms with E-state index < -0.39 is 0 Å². The molecule has 0 heterocycles. The Balaban J connectivity index is 2.76. The summed E-state index contributed by atoms with van der Waals surface area (Å²) in [4.78, 5) is 0. The number of rotatable bonds is 1. The minimum Gasteiger partial charge on any atom is -0.507 e. The molecule has 0 aliphatic rings. The SMILES string of the molecule is Cc1ccc(O)c(-c2c(C)ccc(C)c2O)c1. The second-order valence-electron chi connectivity index (χ2n) is 4.44. The van der Waals surface area contributed by atoms with Gasteiger partial charge in [-0.2, -0.15) is 0 Å². The summed E-state index contributed by atoms with van der Waals surface area (Å²) in [5.41, 5.74) is 4.22. The van der Waals surface area contributed by atoms with E-state index in [1.807, 2.05) is 45.0 Å². The summed E-state index contributed by atoms with van der Waals surface area (Å²) in [5, 5.41) is 20.1. The average molecular weight is 228 g/mol. The third-order valence-electron chi connectivity index (χ3n) is 3.01. The molecule has 0 atom stereocenters. The first-order valence-electron chi connectivity index (χ1n) is 5.60. The molecule has 0 aliphatic carbocycles. The fourth-order valence-electron chi connectivity index (χ4n) is 1.99. The third-order valence-corrected chi connectivity index (χ3v) is 3.01. The summed E-state index contributed by atoms with van der Waals surface area (Å²) in [6, 6.07) is 9.22. The van der Waals surface area contributed by atoms with Crippen molar-refractivity contribution in [1.82, 2.24) is 0 Å². The Hall–Kier alpha value is -1.96. The Kier molecular flexibility index (Phi) is 2.80. The Bertz CT molecular complexity index is 571. The van der Waals surface area contributed by atoms with Crippen molar-refractivity contribution in [3.05, 3.63) is 47.0 Å². The molecule has 88 valence electrons. The van der Waals surface area contributed by atoms with Crippen molar-refractivity contribution >= 4 is 0 Å². The molecule has 0 bridgehead atoms. The molecule has 0 aromatic heterocycles. The van der Waals surface area contributed by atoms with Crippen LogP contribution >= 0.6 is 0 Å². The highest BCUT2D eigenvalue weighted by Crippen LogP contribution is 2.39. The molecule has 0 saturated carbocycles. The largest absolute Gasteiger partial charge is 0.507 e. The highest BCUT2D eigenvalue weighted by atomic mass is 16.3. The van der Waals surface area contributed by atoms with Crippen LogP contribution in [0.15, 0.2) is 30.3 Å². The van der Waals surface area contributed by atoms with Gasteiger partial charge in [0.05, 0.1) is 0 Å². The molecule has 0 unspecified atom stereocenters. The maximum Gasteiger partial charge on any atom is 0.126 e. The highest BCUT2D eigenvalue weighted by Gasteiger charge is 2.13. The van der Waals surface area contributed by atoms with Crippen molar-refractivity contribution in [2.75, 3.05) is 0 Å². The van der Waals surface area contributed by atoms with Gasteiger partial charge in [0.1, 0.15) is 11.5 Å². The first kappa shape index (κ1) is 11.5. The van der Waals surface area contributed by atoms with Gasteiger partial charge in [0.15, 0.2) is 0 Å². The lowest BCUT2D eigenvalue weighted by Gasteiger charge is -2.13. The normalized spacial score (nSPS) is 10.5. The van der Waals surface area contributed by atoms with Crippen molar-refractivity contribution in [2.45, 2.75) is 20.8 Å². The molecule has 2 rings (SSSR count). The van der Waals surface area contributed by atoms with Crippen LogP contribution < -0.4 is 0 Å². The zero-order chi connectivity index (χ0) is 12.6. The van der Waals surface area contributed by atoms with Gasteiger partial charge in [0, 0.05) is 11.1 Å². The van der Waals surface area contributed by atoms with Gasteiger partial charge >= 0.3 is 0 Å². The van der Waals surface area contributed by atoms with E-state index in [1.54, 1.807) is 6.07 Å². The van der Waals surface area contributed by atoms with E-state index in [0.29, 0.717) is 11.1 Å². The Morgan fingerprint density at radius 1 is 0.824 bits per heavy atom. The molecule has 17 heavy (non-hydrogen) atoms. The predicted molar refractivity (Wildman–Crippen MR) is 69.4 cm³/mol. The first-order valence-corrected chi connectivity index (χ1v) is 5.60. The smallest absolute Gasteiger partial charge is 0.126 e. The molecule has 0 saturated heterocycles. The molecule has 0 spiro atoms.